The molecule has 3 rings (SSSR count). The van der Waals surface area contributed by atoms with Gasteiger partial charge in [0.25, 0.3) is 5.56 Å². The predicted octanol–water partition coefficient (Wildman–Crippen LogP) is 0.782. The van der Waals surface area contributed by atoms with Crippen LogP contribution in [-0.2, 0) is 35.8 Å². The van der Waals surface area contributed by atoms with Crippen molar-refractivity contribution in [2.75, 3.05) is 0 Å². The number of hydrogen-bond donors (Lipinski definition) is 2. The van der Waals surface area contributed by atoms with E-state index >= 15 is 0 Å². The van der Waals surface area contributed by atoms with Crippen LogP contribution >= 0.6 is 0 Å². The average Bonchev–Trinajstić information content (AvgIpc) is 2.79. The van der Waals surface area contributed by atoms with Gasteiger partial charge in [-0.2, -0.15) is 4.39 Å². The molecule has 0 bridgehead atoms. The van der Waals surface area contributed by atoms with Crippen LogP contribution in [0.15, 0.2) is 76.4 Å². The van der Waals surface area contributed by atoms with Gasteiger partial charge in [-0.3, -0.25) is 19.0 Å². The fraction of sp³-hybridized carbons (Fsp3) is 0.182. The standard InChI is InChI=1S/C22H21FN4O4/c23-18-13-26(14-19(28)24-11-16-7-3-1-4-8-16)22(31)27(21(18)30)15-20(29)25-12-17-9-5-2-6-10-17/h1-10,13H,11-12,14-15H2,(H,24,28)(H,25,29). The summed E-state index contributed by atoms with van der Waals surface area (Å²) in [5.74, 6) is -2.40. The van der Waals surface area contributed by atoms with Gasteiger partial charge in [0.15, 0.2) is 0 Å². The highest BCUT2D eigenvalue weighted by Crippen LogP contribution is 1.98. The minimum atomic E-state index is -1.23. The van der Waals surface area contributed by atoms with E-state index in [9.17, 15) is 23.6 Å². The summed E-state index contributed by atoms with van der Waals surface area (Å²) in [7, 11) is 0. The normalized spacial score (nSPS) is 10.5. The summed E-state index contributed by atoms with van der Waals surface area (Å²) in [6, 6.07) is 18.2. The molecule has 0 saturated carbocycles. The van der Waals surface area contributed by atoms with Gasteiger partial charge in [-0.1, -0.05) is 60.7 Å². The van der Waals surface area contributed by atoms with Gasteiger partial charge >= 0.3 is 5.69 Å². The molecule has 1 aromatic heterocycles. The van der Waals surface area contributed by atoms with Crippen LogP contribution in [0.5, 0.6) is 0 Å². The first kappa shape index (κ1) is 21.7. The lowest BCUT2D eigenvalue weighted by atomic mass is 10.2. The van der Waals surface area contributed by atoms with Crippen molar-refractivity contribution < 1.29 is 14.0 Å². The van der Waals surface area contributed by atoms with Crippen LogP contribution in [-0.4, -0.2) is 20.9 Å². The molecular formula is C22H21FN4O4. The Kier molecular flexibility index (Phi) is 7.10. The van der Waals surface area contributed by atoms with Crippen molar-refractivity contribution in [3.63, 3.8) is 0 Å². The molecule has 0 spiro atoms. The van der Waals surface area contributed by atoms with E-state index < -0.39 is 42.0 Å². The van der Waals surface area contributed by atoms with Crippen LogP contribution in [0.25, 0.3) is 0 Å². The van der Waals surface area contributed by atoms with Gasteiger partial charge in [-0.05, 0) is 11.1 Å². The zero-order valence-electron chi connectivity index (χ0n) is 16.6. The molecule has 1 heterocycles. The van der Waals surface area contributed by atoms with E-state index in [1.807, 2.05) is 36.4 Å². The quantitative estimate of drug-likeness (QED) is 0.558. The highest BCUT2D eigenvalue weighted by Gasteiger charge is 2.16. The molecule has 0 saturated heterocycles. The molecule has 0 radical (unpaired) electrons. The van der Waals surface area contributed by atoms with Gasteiger partial charge in [-0.25, -0.2) is 9.36 Å². The Balaban J connectivity index is 1.67. The fourth-order valence-corrected chi connectivity index (χ4v) is 2.87. The van der Waals surface area contributed by atoms with E-state index in [0.717, 1.165) is 15.7 Å². The first-order valence-corrected chi connectivity index (χ1v) is 9.55. The van der Waals surface area contributed by atoms with Gasteiger partial charge in [0, 0.05) is 13.1 Å². The highest BCUT2D eigenvalue weighted by atomic mass is 19.1. The molecule has 2 N–H and O–H groups in total. The predicted molar refractivity (Wildman–Crippen MR) is 111 cm³/mol. The summed E-state index contributed by atoms with van der Waals surface area (Å²) in [6.45, 7) is -0.722. The SMILES string of the molecule is O=C(Cn1cc(F)c(=O)n(CC(=O)NCc2ccccc2)c1=O)NCc1ccccc1. The third-order valence-corrected chi connectivity index (χ3v) is 4.48. The largest absolute Gasteiger partial charge is 0.350 e. The summed E-state index contributed by atoms with van der Waals surface area (Å²) >= 11 is 0. The Morgan fingerprint density at radius 2 is 1.26 bits per heavy atom. The summed E-state index contributed by atoms with van der Waals surface area (Å²) in [6.07, 6.45) is 0.672. The number of nitrogens with one attached hydrogen (secondary N) is 2. The van der Waals surface area contributed by atoms with Crippen molar-refractivity contribution in [2.24, 2.45) is 0 Å². The molecule has 9 heteroatoms. The van der Waals surface area contributed by atoms with Crippen LogP contribution in [0.3, 0.4) is 0 Å². The molecule has 2 amide bonds. The lowest BCUT2D eigenvalue weighted by Crippen LogP contribution is -2.46. The maximum atomic E-state index is 14.1. The highest BCUT2D eigenvalue weighted by molar-refractivity contribution is 5.76. The first-order chi connectivity index (χ1) is 14.9. The maximum Gasteiger partial charge on any atom is 0.332 e. The summed E-state index contributed by atoms with van der Waals surface area (Å²) < 4.78 is 15.3. The summed E-state index contributed by atoms with van der Waals surface area (Å²) in [5, 5.41) is 5.19. The zero-order valence-corrected chi connectivity index (χ0v) is 16.6. The molecule has 8 nitrogen and oxygen atoms in total. The summed E-state index contributed by atoms with van der Waals surface area (Å²) in [4.78, 5) is 48.9. The van der Waals surface area contributed by atoms with Crippen LogP contribution < -0.4 is 21.9 Å². The fourth-order valence-electron chi connectivity index (χ4n) is 2.87. The second-order valence-corrected chi connectivity index (χ2v) is 6.80. The Hall–Kier alpha value is -4.01. The summed E-state index contributed by atoms with van der Waals surface area (Å²) in [5.41, 5.74) is -0.485. The third kappa shape index (κ3) is 5.99. The molecule has 0 fully saturated rings. The number of rotatable bonds is 8. The first-order valence-electron chi connectivity index (χ1n) is 9.55. The van der Waals surface area contributed by atoms with Gasteiger partial charge in [-0.15, -0.1) is 0 Å². The Labute approximate surface area is 177 Å². The zero-order chi connectivity index (χ0) is 22.2. The number of benzene rings is 2. The van der Waals surface area contributed by atoms with E-state index in [0.29, 0.717) is 10.8 Å². The maximum absolute atomic E-state index is 14.1. The molecule has 31 heavy (non-hydrogen) atoms. The van der Waals surface area contributed by atoms with E-state index in [1.54, 1.807) is 24.3 Å². The molecule has 0 aliphatic rings. The van der Waals surface area contributed by atoms with Crippen LogP contribution in [0.2, 0.25) is 0 Å². The molecule has 160 valence electrons. The van der Waals surface area contributed by atoms with Crippen LogP contribution in [0.1, 0.15) is 11.1 Å². The molecule has 3 aromatic rings. The van der Waals surface area contributed by atoms with Gasteiger partial charge < -0.3 is 10.6 Å². The van der Waals surface area contributed by atoms with Crippen molar-refractivity contribution in [3.05, 3.63) is 105 Å². The van der Waals surface area contributed by atoms with Gasteiger partial charge in [0.05, 0.1) is 6.20 Å². The van der Waals surface area contributed by atoms with Crippen LogP contribution in [0, 0.1) is 5.82 Å². The van der Waals surface area contributed by atoms with Crippen molar-refractivity contribution in [1.29, 1.82) is 0 Å². The molecule has 0 aliphatic carbocycles. The van der Waals surface area contributed by atoms with Gasteiger partial charge in [0.2, 0.25) is 17.6 Å². The topological polar surface area (TPSA) is 102 Å². The van der Waals surface area contributed by atoms with E-state index in [4.69, 9.17) is 0 Å². The van der Waals surface area contributed by atoms with E-state index in [-0.39, 0.29) is 13.1 Å². The third-order valence-electron chi connectivity index (χ3n) is 4.48. The number of aromatic nitrogens is 2. The van der Waals surface area contributed by atoms with E-state index in [1.165, 1.54) is 0 Å². The minimum Gasteiger partial charge on any atom is -0.350 e. The second kappa shape index (κ2) is 10.1. The van der Waals surface area contributed by atoms with E-state index in [2.05, 4.69) is 10.6 Å². The molecule has 0 unspecified atom stereocenters. The number of nitrogens with zero attached hydrogens (tertiary/aromatic N) is 2. The van der Waals surface area contributed by atoms with Crippen molar-refractivity contribution >= 4 is 11.8 Å². The number of halogens is 1. The van der Waals surface area contributed by atoms with Crippen LogP contribution in [0.4, 0.5) is 4.39 Å². The smallest absolute Gasteiger partial charge is 0.332 e. The number of carbonyl (C=O) groups is 2. The van der Waals surface area contributed by atoms with Crippen molar-refractivity contribution in [3.8, 4) is 0 Å². The second-order valence-electron chi connectivity index (χ2n) is 6.80. The monoisotopic (exact) mass is 424 g/mol. The number of carbonyl (C=O) groups excluding carboxylic acids is 2. The Morgan fingerprint density at radius 3 is 1.77 bits per heavy atom. The van der Waals surface area contributed by atoms with Crippen molar-refractivity contribution in [1.82, 2.24) is 19.8 Å². The molecule has 0 aliphatic heterocycles. The minimum absolute atomic E-state index is 0.194. The van der Waals surface area contributed by atoms with Crippen molar-refractivity contribution in [2.45, 2.75) is 26.2 Å². The lowest BCUT2D eigenvalue weighted by Gasteiger charge is -2.11. The molecule has 0 atom stereocenters. The Bertz CT molecular complexity index is 1170. The lowest BCUT2D eigenvalue weighted by molar-refractivity contribution is -0.122. The molecular weight excluding hydrogens is 403 g/mol. The number of hydrogen-bond acceptors (Lipinski definition) is 4. The average molecular weight is 424 g/mol. The Morgan fingerprint density at radius 1 is 0.774 bits per heavy atom. The molecule has 2 aromatic carbocycles. The number of amides is 2. The van der Waals surface area contributed by atoms with Gasteiger partial charge in [0.1, 0.15) is 13.1 Å².